The summed E-state index contributed by atoms with van der Waals surface area (Å²) < 4.78 is 105. The number of carbonyl (C=O) groups excluding carboxylic acids is 1. The molecule has 2 aromatic heterocycles. The van der Waals surface area contributed by atoms with Gasteiger partial charge in [-0.25, -0.2) is 18.1 Å². The standard InChI is InChI=1S/C21H17F4N3O.C12H12FN3.C9H7F3O2/c22-16-6-8-17(9-7-16)28-18-5-2-10-27(19(18)13-26-28)20(29)12-14-3-1-4-15(11-14)21(23,24)25;13-9-3-5-10(6-4-9)16-12-2-1-7-14-11(12)8-15-16;10-9(11,12)7-3-1-2-6(4-7)5-8(13)14/h1,3-4,6-9,11,13H,2,5,10,12H2;3-6,8,14H,1-2,7H2;1-4H,5H2,(H,13,14). The van der Waals surface area contributed by atoms with Gasteiger partial charge in [0.25, 0.3) is 0 Å². The Hall–Kier alpha value is -6.52. The van der Waals surface area contributed by atoms with Crippen LogP contribution in [0.4, 0.5) is 46.5 Å². The normalized spacial score (nSPS) is 13.5. The lowest BCUT2D eigenvalue weighted by atomic mass is 10.0. The van der Waals surface area contributed by atoms with Crippen molar-refractivity contribution >= 4 is 23.3 Å². The number of amides is 1. The lowest BCUT2D eigenvalue weighted by Gasteiger charge is -2.27. The van der Waals surface area contributed by atoms with Crippen LogP contribution in [0.25, 0.3) is 11.4 Å². The number of carboxylic acid groups (broad SMARTS) is 1. The molecule has 0 aliphatic carbocycles. The minimum atomic E-state index is -4.45. The fraction of sp³-hybridized carbons (Fsp3) is 0.238. The summed E-state index contributed by atoms with van der Waals surface area (Å²) in [5.74, 6) is -2.01. The monoisotopic (exact) mass is 824 g/mol. The van der Waals surface area contributed by atoms with Crippen molar-refractivity contribution in [1.29, 1.82) is 0 Å². The molecule has 0 fully saturated rings. The van der Waals surface area contributed by atoms with Gasteiger partial charge in [-0.05, 0) is 97.5 Å². The molecule has 0 saturated carbocycles. The van der Waals surface area contributed by atoms with Crippen molar-refractivity contribution in [2.24, 2.45) is 0 Å². The van der Waals surface area contributed by atoms with E-state index in [1.807, 2.05) is 10.9 Å². The number of alkyl halides is 6. The van der Waals surface area contributed by atoms with Crippen molar-refractivity contribution in [2.45, 2.75) is 50.9 Å². The lowest BCUT2D eigenvalue weighted by Crippen LogP contribution is -2.36. The summed E-state index contributed by atoms with van der Waals surface area (Å²) >= 11 is 0. The second kappa shape index (κ2) is 18.0. The highest BCUT2D eigenvalue weighted by molar-refractivity contribution is 5.95. The zero-order valence-corrected chi connectivity index (χ0v) is 31.1. The Kier molecular flexibility index (Phi) is 12.8. The van der Waals surface area contributed by atoms with Crippen LogP contribution in [0.2, 0.25) is 0 Å². The van der Waals surface area contributed by atoms with Crippen LogP contribution in [0.3, 0.4) is 0 Å². The third-order valence-electron chi connectivity index (χ3n) is 9.37. The molecule has 4 heterocycles. The first kappa shape index (κ1) is 42.1. The molecule has 17 heteroatoms. The minimum absolute atomic E-state index is 0.134. The van der Waals surface area contributed by atoms with E-state index in [0.29, 0.717) is 36.3 Å². The topological polar surface area (TPSA) is 105 Å². The highest BCUT2D eigenvalue weighted by Crippen LogP contribution is 2.32. The fourth-order valence-corrected chi connectivity index (χ4v) is 6.62. The van der Waals surface area contributed by atoms with Gasteiger partial charge in [0.2, 0.25) is 5.91 Å². The van der Waals surface area contributed by atoms with Gasteiger partial charge in [0, 0.05) is 13.1 Å². The molecule has 0 atom stereocenters. The van der Waals surface area contributed by atoms with E-state index >= 15 is 0 Å². The Morgan fingerprint density at radius 2 is 1.17 bits per heavy atom. The smallest absolute Gasteiger partial charge is 0.416 e. The number of aromatic nitrogens is 4. The SMILES string of the molecule is Fc1ccc(-n2ncc3c2CCCN3)cc1.O=C(Cc1cccc(C(F)(F)F)c1)N1CCCc2c1cnn2-c1ccc(F)cc1.O=C(O)Cc1cccc(C(F)(F)F)c1. The van der Waals surface area contributed by atoms with Gasteiger partial charge >= 0.3 is 18.3 Å². The molecular formula is C42H36F8N6O3. The third-order valence-corrected chi connectivity index (χ3v) is 9.37. The maximum Gasteiger partial charge on any atom is 0.416 e. The molecule has 4 aromatic carbocycles. The lowest BCUT2D eigenvalue weighted by molar-refractivity contribution is -0.138. The molecule has 1 amide bonds. The van der Waals surface area contributed by atoms with Crippen LogP contribution in [-0.4, -0.2) is 49.6 Å². The number of rotatable bonds is 6. The average Bonchev–Trinajstić information content (AvgIpc) is 3.84. The Labute approximate surface area is 332 Å². The maximum absolute atomic E-state index is 13.2. The highest BCUT2D eigenvalue weighted by Gasteiger charge is 2.32. The summed E-state index contributed by atoms with van der Waals surface area (Å²) in [6, 6.07) is 21.4. The Balaban J connectivity index is 0.000000164. The van der Waals surface area contributed by atoms with Gasteiger partial charge in [0.05, 0.1) is 70.5 Å². The summed E-state index contributed by atoms with van der Waals surface area (Å²) in [7, 11) is 0. The molecule has 2 aliphatic rings. The van der Waals surface area contributed by atoms with Crippen molar-refractivity contribution < 1.29 is 49.8 Å². The van der Waals surface area contributed by atoms with Gasteiger partial charge in [-0.2, -0.15) is 36.5 Å². The Bertz CT molecular complexity index is 2390. The van der Waals surface area contributed by atoms with Crippen LogP contribution in [-0.2, 0) is 47.6 Å². The number of hydrogen-bond donors (Lipinski definition) is 2. The summed E-state index contributed by atoms with van der Waals surface area (Å²) in [5, 5.41) is 20.4. The Morgan fingerprint density at radius 1 is 0.661 bits per heavy atom. The second-order valence-electron chi connectivity index (χ2n) is 13.6. The number of aliphatic carboxylic acids is 1. The number of carbonyl (C=O) groups is 2. The molecule has 8 rings (SSSR count). The summed E-state index contributed by atoms with van der Waals surface area (Å²) in [5.41, 5.74) is 4.18. The molecule has 6 aromatic rings. The first-order chi connectivity index (χ1) is 28.1. The largest absolute Gasteiger partial charge is 0.481 e. The fourth-order valence-electron chi connectivity index (χ4n) is 6.62. The second-order valence-corrected chi connectivity index (χ2v) is 13.6. The van der Waals surface area contributed by atoms with Gasteiger partial charge in [0.15, 0.2) is 0 Å². The number of halogens is 8. The highest BCUT2D eigenvalue weighted by atomic mass is 19.4. The van der Waals surface area contributed by atoms with Crippen LogP contribution in [0.1, 0.15) is 46.5 Å². The van der Waals surface area contributed by atoms with E-state index in [9.17, 15) is 44.7 Å². The number of hydrogen-bond acceptors (Lipinski definition) is 5. The molecular weight excluding hydrogens is 788 g/mol. The number of anilines is 2. The molecule has 0 spiro atoms. The van der Waals surface area contributed by atoms with Crippen LogP contribution in [0.15, 0.2) is 109 Å². The molecule has 0 bridgehead atoms. The van der Waals surface area contributed by atoms with E-state index in [-0.39, 0.29) is 29.5 Å². The molecule has 9 nitrogen and oxygen atoms in total. The van der Waals surface area contributed by atoms with E-state index < -0.39 is 35.9 Å². The van der Waals surface area contributed by atoms with Gasteiger partial charge in [-0.3, -0.25) is 9.59 Å². The quantitative estimate of drug-likeness (QED) is 0.162. The van der Waals surface area contributed by atoms with Gasteiger partial charge in [-0.15, -0.1) is 0 Å². The molecule has 2 N–H and O–H groups in total. The van der Waals surface area contributed by atoms with Crippen LogP contribution in [0, 0.1) is 11.6 Å². The Morgan fingerprint density at radius 3 is 1.71 bits per heavy atom. The number of fused-ring (bicyclic) bond motifs is 2. The van der Waals surface area contributed by atoms with Crippen molar-refractivity contribution in [1.82, 2.24) is 19.6 Å². The summed E-state index contributed by atoms with van der Waals surface area (Å²) in [4.78, 5) is 24.6. The van der Waals surface area contributed by atoms with Crippen molar-refractivity contribution in [2.75, 3.05) is 23.3 Å². The number of nitrogens with one attached hydrogen (secondary N) is 1. The predicted molar refractivity (Wildman–Crippen MR) is 202 cm³/mol. The van der Waals surface area contributed by atoms with E-state index in [1.165, 1.54) is 54.2 Å². The van der Waals surface area contributed by atoms with Crippen LogP contribution >= 0.6 is 0 Å². The van der Waals surface area contributed by atoms with Gasteiger partial charge < -0.3 is 15.3 Å². The van der Waals surface area contributed by atoms with Crippen LogP contribution in [0.5, 0.6) is 0 Å². The van der Waals surface area contributed by atoms with Gasteiger partial charge in [0.1, 0.15) is 11.6 Å². The van der Waals surface area contributed by atoms with Gasteiger partial charge in [-0.1, -0.05) is 36.4 Å². The van der Waals surface area contributed by atoms with Crippen molar-refractivity contribution in [3.05, 3.63) is 155 Å². The van der Waals surface area contributed by atoms with E-state index in [4.69, 9.17) is 5.11 Å². The number of benzene rings is 4. The molecule has 308 valence electrons. The average molecular weight is 825 g/mol. The first-order valence-electron chi connectivity index (χ1n) is 18.3. The van der Waals surface area contributed by atoms with E-state index in [0.717, 1.165) is 60.7 Å². The molecule has 0 unspecified atom stereocenters. The number of nitrogens with zero attached hydrogens (tertiary/aromatic N) is 5. The maximum atomic E-state index is 13.2. The third kappa shape index (κ3) is 10.7. The molecule has 0 radical (unpaired) electrons. The molecule has 2 aliphatic heterocycles. The minimum Gasteiger partial charge on any atom is -0.481 e. The van der Waals surface area contributed by atoms with Crippen molar-refractivity contribution in [3.63, 3.8) is 0 Å². The van der Waals surface area contributed by atoms with Crippen molar-refractivity contribution in [3.8, 4) is 11.4 Å². The number of carboxylic acids is 1. The predicted octanol–water partition coefficient (Wildman–Crippen LogP) is 9.25. The first-order valence-corrected chi connectivity index (χ1v) is 18.3. The zero-order chi connectivity index (χ0) is 42.3. The molecule has 59 heavy (non-hydrogen) atoms. The zero-order valence-electron chi connectivity index (χ0n) is 31.1. The van der Waals surface area contributed by atoms with E-state index in [1.54, 1.807) is 40.0 Å². The summed E-state index contributed by atoms with van der Waals surface area (Å²) in [6.45, 7) is 1.47. The molecule has 0 saturated heterocycles. The van der Waals surface area contributed by atoms with Crippen LogP contribution < -0.4 is 10.2 Å². The van der Waals surface area contributed by atoms with E-state index in [2.05, 4.69) is 15.5 Å². The summed E-state index contributed by atoms with van der Waals surface area (Å²) in [6.07, 6.45) is -2.48.